The van der Waals surface area contributed by atoms with Crippen LogP contribution in [0.4, 0.5) is 5.82 Å². The molecule has 2 N–H and O–H groups in total. The molecule has 1 atom stereocenters. The summed E-state index contributed by atoms with van der Waals surface area (Å²) in [5, 5.41) is 10.7. The molecule has 0 unspecified atom stereocenters. The van der Waals surface area contributed by atoms with Crippen molar-refractivity contribution in [2.45, 2.75) is 12.5 Å². The number of carbonyl (C=O) groups excluding carboxylic acids is 1. The number of amides is 1. The van der Waals surface area contributed by atoms with E-state index in [9.17, 15) is 14.9 Å². The van der Waals surface area contributed by atoms with Gasteiger partial charge < -0.3 is 20.7 Å². The fourth-order valence-electron chi connectivity index (χ4n) is 2.03. The van der Waals surface area contributed by atoms with Crippen molar-refractivity contribution < 1.29 is 9.72 Å². The molecule has 1 fully saturated rings. The van der Waals surface area contributed by atoms with Gasteiger partial charge in [0.05, 0.1) is 7.05 Å². The fourth-order valence-corrected chi connectivity index (χ4v) is 2.03. The van der Waals surface area contributed by atoms with E-state index in [1.54, 1.807) is 4.90 Å². The quantitative estimate of drug-likeness (QED) is 0.584. The lowest BCUT2D eigenvalue weighted by Gasteiger charge is -2.14. The van der Waals surface area contributed by atoms with Gasteiger partial charge in [0, 0.05) is 25.2 Å². The lowest BCUT2D eigenvalue weighted by Crippen LogP contribution is -2.32. The molecule has 2 rings (SSSR count). The minimum absolute atomic E-state index is 0.00852. The largest absolute Gasteiger partial charge is 0.358 e. The monoisotopic (exact) mass is 238 g/mol. The molecule has 0 aromatic carbocycles. The highest BCUT2D eigenvalue weighted by atomic mass is 16.6. The van der Waals surface area contributed by atoms with E-state index in [4.69, 9.17) is 5.73 Å². The third-order valence-electron chi connectivity index (χ3n) is 3.01. The first-order chi connectivity index (χ1) is 8.00. The number of nitro groups is 1. The van der Waals surface area contributed by atoms with Gasteiger partial charge in [-0.1, -0.05) is 0 Å². The molecule has 17 heavy (non-hydrogen) atoms. The Morgan fingerprint density at radius 1 is 1.59 bits per heavy atom. The van der Waals surface area contributed by atoms with Crippen LogP contribution in [-0.4, -0.2) is 39.4 Å². The maximum atomic E-state index is 12.1. The molecule has 1 aliphatic heterocycles. The summed E-state index contributed by atoms with van der Waals surface area (Å²) in [6.45, 7) is 1.12. The number of rotatable bonds is 2. The van der Waals surface area contributed by atoms with E-state index in [0.717, 1.165) is 6.42 Å². The number of nitrogens with two attached hydrogens (primary N) is 1. The number of carbonyl (C=O) groups is 1. The van der Waals surface area contributed by atoms with Crippen LogP contribution >= 0.6 is 0 Å². The zero-order valence-electron chi connectivity index (χ0n) is 9.50. The van der Waals surface area contributed by atoms with Gasteiger partial charge in [0.2, 0.25) is 0 Å². The van der Waals surface area contributed by atoms with Crippen LogP contribution in [0.3, 0.4) is 0 Å². The molecule has 1 amide bonds. The van der Waals surface area contributed by atoms with Crippen LogP contribution < -0.4 is 5.73 Å². The number of hydrogen-bond donors (Lipinski definition) is 1. The Bertz CT molecular complexity index is 468. The van der Waals surface area contributed by atoms with Gasteiger partial charge in [-0.3, -0.25) is 4.79 Å². The zero-order valence-corrected chi connectivity index (χ0v) is 9.50. The highest BCUT2D eigenvalue weighted by molar-refractivity contribution is 5.93. The second-order valence-electron chi connectivity index (χ2n) is 4.19. The van der Waals surface area contributed by atoms with E-state index in [0.29, 0.717) is 18.8 Å². The van der Waals surface area contributed by atoms with Crippen LogP contribution in [0.2, 0.25) is 0 Å². The Morgan fingerprint density at radius 2 is 2.29 bits per heavy atom. The lowest BCUT2D eigenvalue weighted by molar-refractivity contribution is -0.391. The van der Waals surface area contributed by atoms with Crippen LogP contribution in [0.15, 0.2) is 12.1 Å². The second kappa shape index (κ2) is 4.17. The topological polar surface area (TPSA) is 94.4 Å². The van der Waals surface area contributed by atoms with Gasteiger partial charge in [0.1, 0.15) is 0 Å². The van der Waals surface area contributed by atoms with Crippen LogP contribution in [0.25, 0.3) is 0 Å². The van der Waals surface area contributed by atoms with Gasteiger partial charge in [-0.05, 0) is 17.4 Å². The molecule has 0 saturated carbocycles. The number of hydrogen-bond acceptors (Lipinski definition) is 4. The number of likely N-dealkylation sites (tertiary alicyclic amines) is 1. The lowest BCUT2D eigenvalue weighted by atomic mass is 10.3. The molecule has 92 valence electrons. The first-order valence-electron chi connectivity index (χ1n) is 5.35. The van der Waals surface area contributed by atoms with Crippen molar-refractivity contribution >= 4 is 11.7 Å². The average Bonchev–Trinajstić information content (AvgIpc) is 2.83. The molecular formula is C10H14N4O3. The highest BCUT2D eigenvalue weighted by Crippen LogP contribution is 2.18. The SMILES string of the molecule is Cn1c(C(=O)N2CC[C@@H](N)C2)ccc1[N+](=O)[O-]. The molecule has 7 nitrogen and oxygen atoms in total. The molecule has 0 spiro atoms. The van der Waals surface area contributed by atoms with Crippen LogP contribution in [0.5, 0.6) is 0 Å². The summed E-state index contributed by atoms with van der Waals surface area (Å²) in [6, 6.07) is 2.82. The Kier molecular flexibility index (Phi) is 2.84. The summed E-state index contributed by atoms with van der Waals surface area (Å²) in [4.78, 5) is 23.9. The summed E-state index contributed by atoms with van der Waals surface area (Å²) in [5.74, 6) is -0.287. The Hall–Kier alpha value is -1.89. The summed E-state index contributed by atoms with van der Waals surface area (Å²) in [5.41, 5.74) is 6.05. The van der Waals surface area contributed by atoms with E-state index in [-0.39, 0.29) is 17.8 Å². The van der Waals surface area contributed by atoms with Gasteiger partial charge in [0.15, 0.2) is 5.69 Å². The highest BCUT2D eigenvalue weighted by Gasteiger charge is 2.29. The molecule has 0 aliphatic carbocycles. The third-order valence-corrected chi connectivity index (χ3v) is 3.01. The minimum atomic E-state index is -0.507. The molecule has 1 aromatic heterocycles. The van der Waals surface area contributed by atoms with Crippen molar-refractivity contribution in [1.29, 1.82) is 0 Å². The minimum Gasteiger partial charge on any atom is -0.358 e. The van der Waals surface area contributed by atoms with Crippen LogP contribution in [0, 0.1) is 10.1 Å². The normalized spacial score (nSPS) is 19.6. The summed E-state index contributed by atoms with van der Waals surface area (Å²) in [7, 11) is 1.52. The maximum absolute atomic E-state index is 12.1. The van der Waals surface area contributed by atoms with Crippen molar-refractivity contribution in [2.24, 2.45) is 12.8 Å². The molecule has 2 heterocycles. The Morgan fingerprint density at radius 3 is 2.76 bits per heavy atom. The van der Waals surface area contributed by atoms with Gasteiger partial charge in [0.25, 0.3) is 5.91 Å². The van der Waals surface area contributed by atoms with E-state index in [1.165, 1.54) is 23.7 Å². The average molecular weight is 238 g/mol. The second-order valence-corrected chi connectivity index (χ2v) is 4.19. The first kappa shape index (κ1) is 11.6. The Labute approximate surface area is 97.9 Å². The molecule has 1 aromatic rings. The van der Waals surface area contributed by atoms with Crippen molar-refractivity contribution in [1.82, 2.24) is 9.47 Å². The van der Waals surface area contributed by atoms with E-state index >= 15 is 0 Å². The van der Waals surface area contributed by atoms with Gasteiger partial charge in [-0.15, -0.1) is 0 Å². The van der Waals surface area contributed by atoms with Crippen molar-refractivity contribution in [2.75, 3.05) is 13.1 Å². The standard InChI is InChI=1S/C10H14N4O3/c1-12-8(2-3-9(12)14(16)17)10(15)13-5-4-7(11)6-13/h2-3,7H,4-6,11H2,1H3/t7-/m1/s1. The van der Waals surface area contributed by atoms with Crippen molar-refractivity contribution in [3.05, 3.63) is 27.9 Å². The van der Waals surface area contributed by atoms with Crippen molar-refractivity contribution in [3.63, 3.8) is 0 Å². The summed E-state index contributed by atoms with van der Waals surface area (Å²) in [6.07, 6.45) is 0.776. The molecule has 0 bridgehead atoms. The van der Waals surface area contributed by atoms with E-state index < -0.39 is 4.92 Å². The summed E-state index contributed by atoms with van der Waals surface area (Å²) < 4.78 is 1.30. The van der Waals surface area contributed by atoms with Gasteiger partial charge >= 0.3 is 5.82 Å². The zero-order chi connectivity index (χ0) is 12.6. The molecule has 7 heteroatoms. The molecule has 1 aliphatic rings. The van der Waals surface area contributed by atoms with Crippen molar-refractivity contribution in [3.8, 4) is 0 Å². The molecular weight excluding hydrogens is 224 g/mol. The van der Waals surface area contributed by atoms with E-state index in [2.05, 4.69) is 0 Å². The number of aromatic nitrogens is 1. The van der Waals surface area contributed by atoms with Crippen LogP contribution in [-0.2, 0) is 7.05 Å². The predicted molar refractivity (Wildman–Crippen MR) is 60.6 cm³/mol. The molecule has 0 radical (unpaired) electrons. The predicted octanol–water partition coefficient (Wildman–Crippen LogP) is 0.107. The smallest absolute Gasteiger partial charge is 0.323 e. The maximum Gasteiger partial charge on any atom is 0.323 e. The van der Waals surface area contributed by atoms with E-state index in [1.807, 2.05) is 0 Å². The van der Waals surface area contributed by atoms with Crippen LogP contribution in [0.1, 0.15) is 16.9 Å². The van der Waals surface area contributed by atoms with Gasteiger partial charge in [-0.25, -0.2) is 4.57 Å². The Balaban J connectivity index is 2.23. The number of nitrogens with zero attached hydrogens (tertiary/aromatic N) is 3. The summed E-state index contributed by atoms with van der Waals surface area (Å²) >= 11 is 0. The fraction of sp³-hybridized carbons (Fsp3) is 0.500. The molecule has 1 saturated heterocycles. The van der Waals surface area contributed by atoms with Gasteiger partial charge in [-0.2, -0.15) is 0 Å². The first-order valence-corrected chi connectivity index (χ1v) is 5.35. The third kappa shape index (κ3) is 2.01.